The molecule has 0 aliphatic carbocycles. The molecular weight excluding hydrogens is 392 g/mol. The minimum Gasteiger partial charge on any atom is -0.365 e. The largest absolute Gasteiger partial charge is 0.365 e. The lowest BCUT2D eigenvalue weighted by molar-refractivity contribution is 0.0946. The van der Waals surface area contributed by atoms with Gasteiger partial charge in [-0.05, 0) is 35.7 Å². The number of hydrogen-bond acceptors (Lipinski definition) is 7. The summed E-state index contributed by atoms with van der Waals surface area (Å²) in [6.07, 6.45) is 4.15. The number of benzene rings is 2. The zero-order chi connectivity index (χ0) is 21.0. The summed E-state index contributed by atoms with van der Waals surface area (Å²) in [6, 6.07) is 15.7. The van der Waals surface area contributed by atoms with Crippen molar-refractivity contribution in [1.82, 2.24) is 30.7 Å². The molecule has 3 heterocycles. The second kappa shape index (κ2) is 8.23. The van der Waals surface area contributed by atoms with Crippen LogP contribution in [0.3, 0.4) is 0 Å². The summed E-state index contributed by atoms with van der Waals surface area (Å²) in [5, 5.41) is 20.1. The van der Waals surface area contributed by atoms with Crippen molar-refractivity contribution in [3.05, 3.63) is 77.6 Å². The molecule has 9 heteroatoms. The molecule has 1 aliphatic heterocycles. The average molecular weight is 412 g/mol. The Morgan fingerprint density at radius 1 is 1.03 bits per heavy atom. The number of carbonyl (C=O) groups is 1. The molecule has 0 radical (unpaired) electrons. The molecule has 2 aromatic carbocycles. The first-order chi connectivity index (χ1) is 15.3. The van der Waals surface area contributed by atoms with Crippen molar-refractivity contribution >= 4 is 23.4 Å². The van der Waals surface area contributed by atoms with Gasteiger partial charge < -0.3 is 16.0 Å². The van der Waals surface area contributed by atoms with Crippen LogP contribution in [0, 0.1) is 0 Å². The molecule has 154 valence electrons. The van der Waals surface area contributed by atoms with Crippen LogP contribution in [0.5, 0.6) is 0 Å². The number of aromatic nitrogens is 5. The Morgan fingerprint density at radius 2 is 1.94 bits per heavy atom. The Labute approximate surface area is 178 Å². The van der Waals surface area contributed by atoms with Gasteiger partial charge in [0.25, 0.3) is 5.91 Å². The van der Waals surface area contributed by atoms with E-state index in [9.17, 15) is 4.79 Å². The highest BCUT2D eigenvalue weighted by atomic mass is 16.1. The van der Waals surface area contributed by atoms with Crippen LogP contribution in [0.2, 0.25) is 0 Å². The average Bonchev–Trinajstić information content (AvgIpc) is 3.33. The molecule has 1 aliphatic rings. The van der Waals surface area contributed by atoms with Crippen LogP contribution in [0.15, 0.2) is 60.9 Å². The van der Waals surface area contributed by atoms with Crippen LogP contribution in [0.25, 0.3) is 11.3 Å². The van der Waals surface area contributed by atoms with E-state index < -0.39 is 0 Å². The molecule has 0 atom stereocenters. The number of rotatable bonds is 6. The van der Waals surface area contributed by atoms with Crippen LogP contribution in [-0.4, -0.2) is 37.8 Å². The van der Waals surface area contributed by atoms with E-state index in [1.807, 2.05) is 48.5 Å². The molecule has 0 saturated carbocycles. The Bertz CT molecular complexity index is 1210. The molecule has 0 fully saturated rings. The van der Waals surface area contributed by atoms with Crippen LogP contribution in [-0.2, 0) is 13.0 Å². The van der Waals surface area contributed by atoms with Gasteiger partial charge >= 0.3 is 0 Å². The Balaban J connectivity index is 1.42. The van der Waals surface area contributed by atoms with E-state index in [1.165, 1.54) is 0 Å². The van der Waals surface area contributed by atoms with Gasteiger partial charge in [0.15, 0.2) is 0 Å². The van der Waals surface area contributed by atoms with Gasteiger partial charge in [-0.15, -0.1) is 0 Å². The lowest BCUT2D eigenvalue weighted by atomic mass is 10.00. The zero-order valence-electron chi connectivity index (χ0n) is 16.6. The molecule has 1 amide bonds. The highest BCUT2D eigenvalue weighted by Crippen LogP contribution is 2.27. The molecule has 0 spiro atoms. The van der Waals surface area contributed by atoms with Crippen LogP contribution in [0.4, 0.5) is 17.5 Å². The summed E-state index contributed by atoms with van der Waals surface area (Å²) in [5.74, 6) is 1.06. The summed E-state index contributed by atoms with van der Waals surface area (Å²) in [5.41, 5.74) is 5.09. The van der Waals surface area contributed by atoms with E-state index in [-0.39, 0.29) is 5.91 Å². The third kappa shape index (κ3) is 4.06. The molecule has 4 N–H and O–H groups in total. The molecule has 5 rings (SSSR count). The fourth-order valence-electron chi connectivity index (χ4n) is 3.51. The first kappa shape index (κ1) is 18.7. The number of amides is 1. The lowest BCUT2D eigenvalue weighted by Crippen LogP contribution is -2.31. The van der Waals surface area contributed by atoms with Gasteiger partial charge in [-0.25, -0.2) is 4.98 Å². The van der Waals surface area contributed by atoms with Crippen molar-refractivity contribution in [2.45, 2.75) is 13.0 Å². The minimum absolute atomic E-state index is 0.0339. The number of fused-ring (bicyclic) bond motifs is 1. The van der Waals surface area contributed by atoms with Crippen molar-refractivity contribution in [3.63, 3.8) is 0 Å². The normalized spacial score (nSPS) is 12.7. The van der Waals surface area contributed by atoms with E-state index in [1.54, 1.807) is 12.4 Å². The maximum Gasteiger partial charge on any atom is 0.251 e. The van der Waals surface area contributed by atoms with Gasteiger partial charge in [-0.3, -0.25) is 4.79 Å². The molecule has 0 bridgehead atoms. The molecule has 4 aromatic rings. The summed E-state index contributed by atoms with van der Waals surface area (Å²) in [4.78, 5) is 21.1. The van der Waals surface area contributed by atoms with Crippen LogP contribution >= 0.6 is 0 Å². The van der Waals surface area contributed by atoms with Gasteiger partial charge in [0.05, 0.1) is 11.8 Å². The maximum atomic E-state index is 12.0. The Kier molecular flexibility index (Phi) is 4.97. The lowest BCUT2D eigenvalue weighted by Gasteiger charge is -2.17. The summed E-state index contributed by atoms with van der Waals surface area (Å²) in [7, 11) is 0. The van der Waals surface area contributed by atoms with Crippen molar-refractivity contribution in [1.29, 1.82) is 0 Å². The smallest absolute Gasteiger partial charge is 0.251 e. The van der Waals surface area contributed by atoms with Crippen LogP contribution < -0.4 is 16.0 Å². The maximum absolute atomic E-state index is 12.0. The topological polar surface area (TPSA) is 121 Å². The third-order valence-electron chi connectivity index (χ3n) is 5.07. The van der Waals surface area contributed by atoms with Gasteiger partial charge in [0.2, 0.25) is 5.95 Å². The van der Waals surface area contributed by atoms with E-state index in [4.69, 9.17) is 0 Å². The highest BCUT2D eigenvalue weighted by molar-refractivity contribution is 5.97. The minimum atomic E-state index is -0.0339. The number of aromatic amines is 1. The molecule has 9 nitrogen and oxygen atoms in total. The zero-order valence-corrected chi connectivity index (χ0v) is 16.6. The van der Waals surface area contributed by atoms with Gasteiger partial charge in [-0.1, -0.05) is 30.3 Å². The second-order valence-electron chi connectivity index (χ2n) is 7.15. The van der Waals surface area contributed by atoms with Gasteiger partial charge in [-0.2, -0.15) is 20.4 Å². The van der Waals surface area contributed by atoms with E-state index in [0.717, 1.165) is 28.8 Å². The van der Waals surface area contributed by atoms with E-state index in [0.29, 0.717) is 36.1 Å². The van der Waals surface area contributed by atoms with Crippen molar-refractivity contribution < 1.29 is 4.79 Å². The van der Waals surface area contributed by atoms with Gasteiger partial charge in [0, 0.05) is 30.5 Å². The molecule has 2 aromatic heterocycles. The number of hydrogen-bond donors (Lipinski definition) is 4. The summed E-state index contributed by atoms with van der Waals surface area (Å²) < 4.78 is 0. The van der Waals surface area contributed by atoms with Crippen molar-refractivity contribution in [3.8, 4) is 11.3 Å². The number of H-pyrrole nitrogens is 1. The molecule has 0 unspecified atom stereocenters. The second-order valence-corrected chi connectivity index (χ2v) is 7.15. The summed E-state index contributed by atoms with van der Waals surface area (Å²) >= 11 is 0. The predicted octanol–water partition coefficient (Wildman–Crippen LogP) is 2.90. The fraction of sp³-hybridized carbons (Fsp3) is 0.136. The SMILES string of the molecule is O=C1NCCc2cc(Nc3ncc(-c4cn[nH]n4)c(NCc4ccccc4)n3)ccc21. The fourth-order valence-corrected chi connectivity index (χ4v) is 3.51. The first-order valence-electron chi connectivity index (χ1n) is 9.95. The quantitative estimate of drug-likeness (QED) is 0.384. The Hall–Kier alpha value is -4.27. The Morgan fingerprint density at radius 3 is 2.77 bits per heavy atom. The van der Waals surface area contributed by atoms with Crippen LogP contribution in [0.1, 0.15) is 21.5 Å². The third-order valence-corrected chi connectivity index (χ3v) is 5.07. The van der Waals surface area contributed by atoms with E-state index in [2.05, 4.69) is 41.3 Å². The summed E-state index contributed by atoms with van der Waals surface area (Å²) in [6.45, 7) is 1.25. The van der Waals surface area contributed by atoms with Crippen molar-refractivity contribution in [2.75, 3.05) is 17.2 Å². The monoisotopic (exact) mass is 412 g/mol. The number of carbonyl (C=O) groups excluding carboxylic acids is 1. The predicted molar refractivity (Wildman–Crippen MR) is 117 cm³/mol. The number of nitrogens with one attached hydrogen (secondary N) is 4. The highest BCUT2D eigenvalue weighted by Gasteiger charge is 2.17. The van der Waals surface area contributed by atoms with Gasteiger partial charge in [0.1, 0.15) is 11.5 Å². The number of anilines is 3. The number of nitrogens with zero attached hydrogens (tertiary/aromatic N) is 4. The van der Waals surface area contributed by atoms with E-state index >= 15 is 0 Å². The standard InChI is InChI=1S/C22H20N8O/c31-21-17-7-6-16(10-15(17)8-9-23-21)27-22-25-12-18(19-13-26-30-29-19)20(28-22)24-11-14-4-2-1-3-5-14/h1-7,10,12-13H,8-9,11H2,(H,23,31)(H,26,29,30)(H2,24,25,27,28). The molecular formula is C22H20N8O. The first-order valence-corrected chi connectivity index (χ1v) is 9.95. The van der Waals surface area contributed by atoms with Crippen molar-refractivity contribution in [2.24, 2.45) is 0 Å². The molecule has 31 heavy (non-hydrogen) atoms. The molecule has 0 saturated heterocycles.